The third-order valence-electron chi connectivity index (χ3n) is 4.21. The van der Waals surface area contributed by atoms with E-state index >= 15 is 0 Å². The molecule has 0 radical (unpaired) electrons. The van der Waals surface area contributed by atoms with Gasteiger partial charge >= 0.3 is 0 Å². The topological polar surface area (TPSA) is 85.2 Å². The molecule has 1 aromatic carbocycles. The first kappa shape index (κ1) is 16.3. The number of nitrogens with zero attached hydrogens (tertiary/aromatic N) is 2. The number of aliphatic imine (C=N–C) groups is 1. The predicted molar refractivity (Wildman–Crippen MR) is 90.2 cm³/mol. The number of hydrogen-bond acceptors (Lipinski definition) is 5. The van der Waals surface area contributed by atoms with Gasteiger partial charge in [0.1, 0.15) is 12.2 Å². The molecule has 1 amide bonds. The first-order valence-electron chi connectivity index (χ1n) is 7.67. The van der Waals surface area contributed by atoms with Gasteiger partial charge in [0, 0.05) is 19.2 Å². The van der Waals surface area contributed by atoms with Gasteiger partial charge in [-0.05, 0) is 5.56 Å². The molecule has 2 aliphatic rings. The number of hydrogen-bond donors (Lipinski definition) is 3. The number of piperidine rings is 1. The number of thioether (sulfide) groups is 1. The lowest BCUT2D eigenvalue weighted by atomic mass is 9.93. The molecule has 23 heavy (non-hydrogen) atoms. The Morgan fingerprint density at radius 2 is 2.09 bits per heavy atom. The minimum absolute atomic E-state index is 0.158. The summed E-state index contributed by atoms with van der Waals surface area (Å²) in [5.41, 5.74) is 1.13. The van der Waals surface area contributed by atoms with Crippen molar-refractivity contribution in [1.82, 2.24) is 10.2 Å². The molecule has 2 aliphatic heterocycles. The van der Waals surface area contributed by atoms with Crippen molar-refractivity contribution in [3.05, 3.63) is 35.9 Å². The van der Waals surface area contributed by atoms with E-state index in [2.05, 4.69) is 10.3 Å². The number of aliphatic hydroxyl groups excluding tert-OH is 2. The van der Waals surface area contributed by atoms with E-state index in [0.717, 1.165) is 10.7 Å². The number of aliphatic hydroxyl groups is 2. The van der Waals surface area contributed by atoms with E-state index < -0.39 is 18.2 Å². The predicted octanol–water partition coefficient (Wildman–Crippen LogP) is 0.200. The highest BCUT2D eigenvalue weighted by Crippen LogP contribution is 2.32. The van der Waals surface area contributed by atoms with E-state index in [9.17, 15) is 15.0 Å². The van der Waals surface area contributed by atoms with Crippen LogP contribution in [0.4, 0.5) is 0 Å². The van der Waals surface area contributed by atoms with Gasteiger partial charge in [-0.15, -0.1) is 0 Å². The van der Waals surface area contributed by atoms with E-state index in [1.54, 1.807) is 11.8 Å². The molecular formula is C16H21N3O3S. The van der Waals surface area contributed by atoms with Crippen LogP contribution < -0.4 is 5.32 Å². The fourth-order valence-electron chi connectivity index (χ4n) is 3.03. The van der Waals surface area contributed by atoms with Crippen molar-refractivity contribution < 1.29 is 15.0 Å². The molecule has 2 heterocycles. The van der Waals surface area contributed by atoms with Crippen molar-refractivity contribution in [2.75, 3.05) is 12.3 Å². The molecule has 6 nitrogen and oxygen atoms in total. The molecule has 0 aromatic heterocycles. The van der Waals surface area contributed by atoms with Gasteiger partial charge in [-0.1, -0.05) is 42.1 Å². The second-order valence-electron chi connectivity index (χ2n) is 5.90. The van der Waals surface area contributed by atoms with Crippen molar-refractivity contribution >= 4 is 22.8 Å². The summed E-state index contributed by atoms with van der Waals surface area (Å²) >= 11 is 1.59. The molecule has 0 aliphatic carbocycles. The fraction of sp³-hybridized carbons (Fsp3) is 0.500. The zero-order chi connectivity index (χ0) is 16.4. The summed E-state index contributed by atoms with van der Waals surface area (Å²) in [6.07, 6.45) is -1.84. The van der Waals surface area contributed by atoms with Crippen LogP contribution in [-0.4, -0.2) is 62.8 Å². The maximum absolute atomic E-state index is 11.3. The van der Waals surface area contributed by atoms with Crippen molar-refractivity contribution in [2.45, 2.75) is 37.8 Å². The zero-order valence-electron chi connectivity index (χ0n) is 12.9. The van der Waals surface area contributed by atoms with Crippen LogP contribution in [0.5, 0.6) is 0 Å². The number of fused-ring (bicyclic) bond motifs is 1. The normalized spacial score (nSPS) is 32.0. The quantitative estimate of drug-likeness (QED) is 0.735. The summed E-state index contributed by atoms with van der Waals surface area (Å²) in [5.74, 6) is 0.480. The Labute approximate surface area is 139 Å². The number of carbonyl (C=O) groups excluding carboxylic acids is 1. The van der Waals surface area contributed by atoms with E-state index in [4.69, 9.17) is 0 Å². The summed E-state index contributed by atoms with van der Waals surface area (Å²) in [7, 11) is 0. The number of nitrogens with one attached hydrogen (secondary N) is 1. The third-order valence-corrected chi connectivity index (χ3v) is 5.34. The van der Waals surface area contributed by atoms with E-state index in [1.165, 1.54) is 6.92 Å². The smallest absolute Gasteiger partial charge is 0.217 e. The van der Waals surface area contributed by atoms with Gasteiger partial charge in [-0.3, -0.25) is 9.79 Å². The van der Waals surface area contributed by atoms with Gasteiger partial charge in [0.05, 0.1) is 18.6 Å². The molecule has 0 bridgehead atoms. The minimum atomic E-state index is -0.950. The summed E-state index contributed by atoms with van der Waals surface area (Å²) in [6, 6.07) is 9.33. The average Bonchev–Trinajstić information content (AvgIpc) is 2.94. The molecule has 0 unspecified atom stereocenters. The molecule has 4 atom stereocenters. The van der Waals surface area contributed by atoms with E-state index in [0.29, 0.717) is 18.8 Å². The van der Waals surface area contributed by atoms with Crippen LogP contribution in [0.1, 0.15) is 12.5 Å². The van der Waals surface area contributed by atoms with Gasteiger partial charge in [-0.2, -0.15) is 0 Å². The summed E-state index contributed by atoms with van der Waals surface area (Å²) in [4.78, 5) is 17.9. The highest BCUT2D eigenvalue weighted by molar-refractivity contribution is 8.14. The number of amides is 1. The first-order valence-corrected chi connectivity index (χ1v) is 8.66. The van der Waals surface area contributed by atoms with Crippen LogP contribution in [0.25, 0.3) is 0 Å². The molecule has 124 valence electrons. The Hall–Kier alpha value is -1.57. The van der Waals surface area contributed by atoms with Crippen LogP contribution >= 0.6 is 11.8 Å². The number of benzene rings is 1. The molecule has 1 aromatic rings. The number of amidine groups is 1. The lowest BCUT2D eigenvalue weighted by Crippen LogP contribution is -2.65. The number of rotatable bonds is 3. The lowest BCUT2D eigenvalue weighted by Gasteiger charge is -2.42. The van der Waals surface area contributed by atoms with Crippen LogP contribution in [0, 0.1) is 0 Å². The van der Waals surface area contributed by atoms with Crippen LogP contribution in [0.3, 0.4) is 0 Å². The molecule has 2 saturated heterocycles. The molecule has 0 spiro atoms. The average molecular weight is 335 g/mol. The molecular weight excluding hydrogens is 314 g/mol. The Bertz CT molecular complexity index is 595. The second kappa shape index (κ2) is 6.90. The van der Waals surface area contributed by atoms with Crippen LogP contribution in [0.2, 0.25) is 0 Å². The SMILES string of the molecule is CC(=O)N[C@H]1CN2C(=NCc3ccccc3)SC[C@@H]2[C@@H](O)[C@@H]1O. The van der Waals surface area contributed by atoms with Gasteiger partial charge in [0.2, 0.25) is 5.91 Å². The molecule has 0 saturated carbocycles. The Kier molecular flexibility index (Phi) is 4.89. The first-order chi connectivity index (χ1) is 11.1. The Morgan fingerprint density at radius 1 is 1.35 bits per heavy atom. The molecule has 7 heteroatoms. The Morgan fingerprint density at radius 3 is 2.78 bits per heavy atom. The van der Waals surface area contributed by atoms with E-state index in [-0.39, 0.29) is 11.9 Å². The van der Waals surface area contributed by atoms with Crippen LogP contribution in [0.15, 0.2) is 35.3 Å². The zero-order valence-corrected chi connectivity index (χ0v) is 13.7. The van der Waals surface area contributed by atoms with Gasteiger partial charge in [0.15, 0.2) is 5.17 Å². The Balaban J connectivity index is 1.74. The standard InChI is InChI=1S/C16H21N3O3S/c1-10(20)18-12-8-19-13(15(22)14(12)21)9-23-16(19)17-7-11-5-3-2-4-6-11/h2-6,12-15,21-22H,7-9H2,1H3,(H,18,20)/t12-,13+,14+,15+/m0/s1. The molecule has 3 N–H and O–H groups in total. The monoisotopic (exact) mass is 335 g/mol. The van der Waals surface area contributed by atoms with Crippen molar-refractivity contribution in [3.63, 3.8) is 0 Å². The maximum atomic E-state index is 11.3. The maximum Gasteiger partial charge on any atom is 0.217 e. The van der Waals surface area contributed by atoms with Crippen molar-refractivity contribution in [3.8, 4) is 0 Å². The summed E-state index contributed by atoms with van der Waals surface area (Å²) in [6.45, 7) is 2.45. The van der Waals surface area contributed by atoms with Crippen molar-refractivity contribution in [2.24, 2.45) is 4.99 Å². The highest BCUT2D eigenvalue weighted by atomic mass is 32.2. The molecule has 2 fully saturated rings. The molecule has 3 rings (SSSR count). The third kappa shape index (κ3) is 3.52. The number of carbonyl (C=O) groups is 1. The van der Waals surface area contributed by atoms with Gasteiger partial charge in [0.25, 0.3) is 0 Å². The summed E-state index contributed by atoms with van der Waals surface area (Å²) < 4.78 is 0. The minimum Gasteiger partial charge on any atom is -0.388 e. The highest BCUT2D eigenvalue weighted by Gasteiger charge is 2.46. The second-order valence-corrected chi connectivity index (χ2v) is 6.89. The van der Waals surface area contributed by atoms with Crippen molar-refractivity contribution in [1.29, 1.82) is 0 Å². The summed E-state index contributed by atoms with van der Waals surface area (Å²) in [5, 5.41) is 24.1. The largest absolute Gasteiger partial charge is 0.388 e. The van der Waals surface area contributed by atoms with Crippen LogP contribution in [-0.2, 0) is 11.3 Å². The van der Waals surface area contributed by atoms with E-state index in [1.807, 2.05) is 35.2 Å². The van der Waals surface area contributed by atoms with Gasteiger partial charge < -0.3 is 20.4 Å². The van der Waals surface area contributed by atoms with Gasteiger partial charge in [-0.25, -0.2) is 0 Å². The lowest BCUT2D eigenvalue weighted by molar-refractivity contribution is -0.123. The fourth-order valence-corrected chi connectivity index (χ4v) is 4.26.